The lowest BCUT2D eigenvalue weighted by molar-refractivity contribution is 0.648. The van der Waals surface area contributed by atoms with Gasteiger partial charge in [0.15, 0.2) is 0 Å². The van der Waals surface area contributed by atoms with E-state index in [1.165, 1.54) is 0 Å². The molecular formula is C20H28O2S2. The Hall–Kier alpha value is -1.00. The number of benzene rings is 2. The molecule has 0 radical (unpaired) electrons. The van der Waals surface area contributed by atoms with Crippen LogP contribution in [-0.4, -0.2) is 17.9 Å². The van der Waals surface area contributed by atoms with Gasteiger partial charge in [0.25, 0.3) is 0 Å². The highest BCUT2D eigenvalue weighted by Crippen LogP contribution is 2.36. The van der Waals surface area contributed by atoms with Crippen molar-refractivity contribution in [2.45, 2.75) is 74.7 Å². The first-order valence-corrected chi connectivity index (χ1v) is 10.5. The highest BCUT2D eigenvalue weighted by atomic mass is 32.2. The van der Waals surface area contributed by atoms with Crippen LogP contribution in [0.5, 0.6) is 0 Å². The monoisotopic (exact) mass is 364 g/mol. The van der Waals surface area contributed by atoms with Gasteiger partial charge in [0.1, 0.15) is 0 Å². The zero-order valence-electron chi connectivity index (χ0n) is 15.9. The highest BCUT2D eigenvalue weighted by molar-refractivity contribution is 7.87. The van der Waals surface area contributed by atoms with E-state index in [9.17, 15) is 8.42 Å². The highest BCUT2D eigenvalue weighted by Gasteiger charge is 2.28. The quantitative estimate of drug-likeness (QED) is 0.727. The van der Waals surface area contributed by atoms with Crippen molar-refractivity contribution < 1.29 is 8.42 Å². The number of rotatable bonds is 2. The second-order valence-corrected chi connectivity index (χ2v) is 12.6. The van der Waals surface area contributed by atoms with Crippen molar-refractivity contribution in [1.29, 1.82) is 0 Å². The Morgan fingerprint density at radius 1 is 0.625 bits per heavy atom. The first kappa shape index (κ1) is 19.3. The Bertz CT molecular complexity index is 766. The van der Waals surface area contributed by atoms with Crippen molar-refractivity contribution in [3.8, 4) is 0 Å². The molecule has 0 saturated heterocycles. The number of fused-ring (bicyclic) bond motifs is 1. The van der Waals surface area contributed by atoms with Crippen molar-refractivity contribution in [3.05, 3.63) is 35.4 Å². The molecule has 0 aliphatic rings. The topological polar surface area (TPSA) is 34.1 Å². The number of hydrogen-bond donors (Lipinski definition) is 0. The van der Waals surface area contributed by atoms with E-state index in [-0.39, 0.29) is 9.49 Å². The maximum Gasteiger partial charge on any atom is 0.0592 e. The van der Waals surface area contributed by atoms with Gasteiger partial charge in [-0.3, -0.25) is 8.42 Å². The van der Waals surface area contributed by atoms with E-state index >= 15 is 0 Å². The van der Waals surface area contributed by atoms with Gasteiger partial charge >= 0.3 is 0 Å². The summed E-state index contributed by atoms with van der Waals surface area (Å²) < 4.78 is 25.5. The largest absolute Gasteiger partial charge is 0.254 e. The van der Waals surface area contributed by atoms with Crippen LogP contribution in [0.4, 0.5) is 0 Å². The molecule has 2 rings (SSSR count). The van der Waals surface area contributed by atoms with Gasteiger partial charge in [-0.05, 0) is 77.3 Å². The van der Waals surface area contributed by atoms with Crippen LogP contribution in [-0.2, 0) is 21.6 Å². The second kappa shape index (κ2) is 6.38. The molecule has 0 unspecified atom stereocenters. The number of hydrogen-bond acceptors (Lipinski definition) is 2. The van der Waals surface area contributed by atoms with Crippen LogP contribution in [0.25, 0.3) is 10.8 Å². The Kier molecular flexibility index (Phi) is 5.14. The summed E-state index contributed by atoms with van der Waals surface area (Å²) in [5.74, 6) is 0. The Labute approximate surface area is 151 Å². The van der Waals surface area contributed by atoms with Crippen molar-refractivity contribution in [3.63, 3.8) is 0 Å². The fraction of sp³-hybridized carbons (Fsp3) is 0.500. The molecule has 0 bridgehead atoms. The van der Waals surface area contributed by atoms with Gasteiger partial charge in [0.2, 0.25) is 0 Å². The van der Waals surface area contributed by atoms with Crippen molar-refractivity contribution in [2.24, 2.45) is 0 Å². The predicted octanol–water partition coefficient (Wildman–Crippen LogP) is 5.27. The molecule has 0 N–H and O–H groups in total. The van der Waals surface area contributed by atoms with E-state index < -0.39 is 21.6 Å². The maximum atomic E-state index is 13.1. The second-order valence-electron chi connectivity index (χ2n) is 8.28. The van der Waals surface area contributed by atoms with Crippen LogP contribution in [0.2, 0.25) is 0 Å². The van der Waals surface area contributed by atoms with Crippen molar-refractivity contribution in [1.82, 2.24) is 0 Å². The van der Waals surface area contributed by atoms with Gasteiger partial charge in [-0.1, -0.05) is 24.3 Å². The summed E-state index contributed by atoms with van der Waals surface area (Å²) in [6.07, 6.45) is 0. The lowest BCUT2D eigenvalue weighted by Gasteiger charge is -2.24. The lowest BCUT2D eigenvalue weighted by Crippen LogP contribution is -2.24. The summed E-state index contributed by atoms with van der Waals surface area (Å²) in [5, 5.41) is 1.92. The Morgan fingerprint density at radius 3 is 1.17 bits per heavy atom. The Morgan fingerprint density at radius 2 is 0.917 bits per heavy atom. The molecule has 4 heteroatoms. The smallest absolute Gasteiger partial charge is 0.0592 e. The fourth-order valence-corrected chi connectivity index (χ4v) is 5.37. The third-order valence-corrected chi connectivity index (χ3v) is 8.03. The average molecular weight is 365 g/mol. The molecule has 0 fully saturated rings. The summed E-state index contributed by atoms with van der Waals surface area (Å²) in [6, 6.07) is 8.06. The maximum absolute atomic E-state index is 13.1. The van der Waals surface area contributed by atoms with Gasteiger partial charge in [-0.15, -0.1) is 0 Å². The fourth-order valence-electron chi connectivity index (χ4n) is 2.67. The van der Waals surface area contributed by atoms with E-state index in [2.05, 4.69) is 0 Å². The molecule has 0 heterocycles. The third kappa shape index (κ3) is 3.50. The van der Waals surface area contributed by atoms with Gasteiger partial charge in [-0.2, -0.15) is 0 Å². The van der Waals surface area contributed by atoms with Crippen LogP contribution in [0.3, 0.4) is 0 Å². The lowest BCUT2D eigenvalue weighted by atomic mass is 10.0. The zero-order valence-corrected chi connectivity index (χ0v) is 17.6. The van der Waals surface area contributed by atoms with E-state index in [4.69, 9.17) is 0 Å². The predicted molar refractivity (Wildman–Crippen MR) is 106 cm³/mol. The summed E-state index contributed by atoms with van der Waals surface area (Å²) in [4.78, 5) is 1.74. The molecule has 2 aromatic carbocycles. The normalized spacial score (nSPS) is 15.5. The molecule has 2 atom stereocenters. The zero-order chi connectivity index (χ0) is 18.4. The van der Waals surface area contributed by atoms with Crippen LogP contribution in [0.15, 0.2) is 34.1 Å². The molecule has 2 aromatic rings. The molecule has 24 heavy (non-hydrogen) atoms. The van der Waals surface area contributed by atoms with Crippen LogP contribution < -0.4 is 0 Å². The molecule has 0 amide bonds. The molecule has 0 aliphatic carbocycles. The summed E-state index contributed by atoms with van der Waals surface area (Å²) in [7, 11) is -2.27. The number of aryl methyl sites for hydroxylation is 2. The molecule has 2 nitrogen and oxygen atoms in total. The van der Waals surface area contributed by atoms with E-state index in [0.717, 1.165) is 31.7 Å². The molecule has 0 aromatic heterocycles. The average Bonchev–Trinajstić information content (AvgIpc) is 2.44. The summed E-state index contributed by atoms with van der Waals surface area (Å²) in [6.45, 7) is 15.9. The molecule has 132 valence electrons. The standard InChI is InChI=1S/C20H28O2S2/c1-13-9-11-16-15(17(13)23(21)19(3,4)5)12-10-14(2)18(16)24(22)20(6,7)8/h9-12H,1-8H3/t23-,24-/m0/s1. The van der Waals surface area contributed by atoms with E-state index in [0.29, 0.717) is 0 Å². The SMILES string of the molecule is Cc1ccc2c([S@](=O)C(C)(C)C)c(C)ccc2c1[S@](=O)C(C)(C)C. The van der Waals surface area contributed by atoms with Crippen LogP contribution >= 0.6 is 0 Å². The molecule has 0 aliphatic heterocycles. The Balaban J connectivity index is 2.89. The molecular weight excluding hydrogens is 336 g/mol. The van der Waals surface area contributed by atoms with Gasteiger partial charge in [-0.25, -0.2) is 0 Å². The summed E-state index contributed by atoms with van der Waals surface area (Å²) >= 11 is 0. The van der Waals surface area contributed by atoms with Crippen LogP contribution in [0, 0.1) is 13.8 Å². The van der Waals surface area contributed by atoms with Gasteiger partial charge in [0, 0.05) is 9.49 Å². The minimum absolute atomic E-state index is 0.340. The minimum Gasteiger partial charge on any atom is -0.254 e. The molecule has 0 saturated carbocycles. The summed E-state index contributed by atoms with van der Waals surface area (Å²) in [5.41, 5.74) is 2.04. The van der Waals surface area contributed by atoms with E-state index in [1.54, 1.807) is 0 Å². The molecule has 0 spiro atoms. The first-order valence-electron chi connectivity index (χ1n) is 8.22. The minimum atomic E-state index is -1.14. The third-order valence-electron chi connectivity index (χ3n) is 3.98. The van der Waals surface area contributed by atoms with Crippen LogP contribution in [0.1, 0.15) is 52.7 Å². The van der Waals surface area contributed by atoms with Gasteiger partial charge in [0.05, 0.1) is 31.4 Å². The van der Waals surface area contributed by atoms with E-state index in [1.807, 2.05) is 79.7 Å². The van der Waals surface area contributed by atoms with Crippen molar-refractivity contribution >= 4 is 32.4 Å². The first-order chi connectivity index (χ1) is 10.9. The van der Waals surface area contributed by atoms with Crippen molar-refractivity contribution in [2.75, 3.05) is 0 Å². The van der Waals surface area contributed by atoms with Gasteiger partial charge < -0.3 is 0 Å².